The van der Waals surface area contributed by atoms with Crippen molar-refractivity contribution in [1.29, 1.82) is 0 Å². The number of carbonyl (C=O) groups is 2. The second kappa shape index (κ2) is 14.2. The molecule has 2 aromatic rings. The molecule has 0 aromatic heterocycles. The molecule has 48 heavy (non-hydrogen) atoms. The first-order valence-corrected chi connectivity index (χ1v) is 19.2. The molecule has 1 aliphatic carbocycles. The van der Waals surface area contributed by atoms with Crippen molar-refractivity contribution >= 4 is 39.1 Å². The van der Waals surface area contributed by atoms with Gasteiger partial charge in [-0.05, 0) is 111 Å². The molecule has 2 amide bonds. The summed E-state index contributed by atoms with van der Waals surface area (Å²) in [6, 6.07) is 10.9. The predicted octanol–water partition coefficient (Wildman–Crippen LogP) is 4.94. The summed E-state index contributed by atoms with van der Waals surface area (Å²) in [5, 5.41) is 12.4. The quantitative estimate of drug-likeness (QED) is 0.429. The highest BCUT2D eigenvalue weighted by Crippen LogP contribution is 2.48. The monoisotopic (exact) mass is 701 g/mol. The van der Waals surface area contributed by atoms with Crippen LogP contribution in [0.15, 0.2) is 36.4 Å². The number of sulfonamides is 1. The van der Waals surface area contributed by atoms with Crippen LogP contribution >= 0.6 is 11.6 Å². The number of nitrogens with one attached hydrogen (secondary N) is 1. The number of fused-ring (bicyclic) bond motifs is 3. The van der Waals surface area contributed by atoms with Gasteiger partial charge in [0.2, 0.25) is 10.0 Å². The van der Waals surface area contributed by atoms with Crippen molar-refractivity contribution in [3.63, 3.8) is 0 Å². The summed E-state index contributed by atoms with van der Waals surface area (Å²) in [4.78, 5) is 30.8. The molecule has 2 fully saturated rings. The second-order valence-electron chi connectivity index (χ2n) is 14.3. The summed E-state index contributed by atoms with van der Waals surface area (Å²) in [5.41, 5.74) is 1.70. The molecule has 1 saturated carbocycles. The third kappa shape index (κ3) is 7.06. The van der Waals surface area contributed by atoms with Crippen LogP contribution < -0.4 is 14.4 Å². The van der Waals surface area contributed by atoms with E-state index in [9.17, 15) is 23.1 Å². The number of likely N-dealkylation sites (N-methyl/N-ethyl adjacent to an activating group) is 1. The number of carbonyl (C=O) groups excluding carboxylic acids is 2. The van der Waals surface area contributed by atoms with E-state index in [1.54, 1.807) is 37.1 Å². The Morgan fingerprint density at radius 2 is 1.81 bits per heavy atom. The smallest absolute Gasteiger partial charge is 0.264 e. The van der Waals surface area contributed by atoms with E-state index in [0.29, 0.717) is 68.6 Å². The van der Waals surface area contributed by atoms with Crippen LogP contribution in [0.25, 0.3) is 0 Å². The Balaban J connectivity index is 1.41. The molecule has 1 saturated heterocycles. The molecule has 0 unspecified atom stereocenters. The average Bonchev–Trinajstić information content (AvgIpc) is 3.06. The van der Waals surface area contributed by atoms with Crippen LogP contribution in [-0.4, -0.2) is 80.5 Å². The molecule has 0 spiro atoms. The fourth-order valence-corrected chi connectivity index (χ4v) is 9.40. The molecule has 12 heteroatoms. The van der Waals surface area contributed by atoms with Crippen LogP contribution in [0.1, 0.15) is 80.3 Å². The van der Waals surface area contributed by atoms with E-state index in [-0.39, 0.29) is 29.2 Å². The van der Waals surface area contributed by atoms with Gasteiger partial charge in [-0.25, -0.2) is 13.1 Å². The molecular formula is C36H48ClN3O7S. The Morgan fingerprint density at radius 1 is 1.00 bits per heavy atom. The Labute approximate surface area is 289 Å². The van der Waals surface area contributed by atoms with Crippen molar-refractivity contribution in [2.75, 3.05) is 38.2 Å². The van der Waals surface area contributed by atoms with Crippen molar-refractivity contribution in [3.8, 4) is 5.75 Å². The van der Waals surface area contributed by atoms with Crippen LogP contribution in [0.4, 0.5) is 5.69 Å². The minimum absolute atomic E-state index is 0.0646. The third-order valence-electron chi connectivity index (χ3n) is 11.3. The molecule has 4 aliphatic rings. The molecular weight excluding hydrogens is 654 g/mol. The van der Waals surface area contributed by atoms with Gasteiger partial charge < -0.3 is 24.4 Å². The Kier molecular flexibility index (Phi) is 10.3. The maximum absolute atomic E-state index is 13.5. The van der Waals surface area contributed by atoms with E-state index in [4.69, 9.17) is 21.1 Å². The van der Waals surface area contributed by atoms with Gasteiger partial charge >= 0.3 is 0 Å². The third-order valence-corrected chi connectivity index (χ3v) is 13.4. The Bertz CT molecular complexity index is 1640. The summed E-state index contributed by atoms with van der Waals surface area (Å²) in [6.07, 6.45) is 4.58. The zero-order valence-corrected chi connectivity index (χ0v) is 29.7. The number of ether oxygens (including phenoxy) is 2. The Morgan fingerprint density at radius 3 is 2.58 bits per heavy atom. The molecule has 3 aliphatic heterocycles. The average molecular weight is 702 g/mol. The van der Waals surface area contributed by atoms with E-state index in [1.165, 1.54) is 0 Å². The first kappa shape index (κ1) is 35.0. The summed E-state index contributed by atoms with van der Waals surface area (Å²) in [7, 11) is -2.27. The van der Waals surface area contributed by atoms with E-state index >= 15 is 0 Å². The number of nitrogens with zero attached hydrogens (tertiary/aromatic N) is 2. The van der Waals surface area contributed by atoms with Crippen LogP contribution in [0.2, 0.25) is 5.02 Å². The minimum Gasteiger partial charge on any atom is -0.487 e. The van der Waals surface area contributed by atoms with Gasteiger partial charge in [0.25, 0.3) is 11.8 Å². The predicted molar refractivity (Wildman–Crippen MR) is 185 cm³/mol. The molecule has 6 atom stereocenters. The van der Waals surface area contributed by atoms with Crippen molar-refractivity contribution < 1.29 is 32.6 Å². The molecule has 10 nitrogen and oxygen atoms in total. The van der Waals surface area contributed by atoms with Gasteiger partial charge in [-0.1, -0.05) is 31.0 Å². The van der Waals surface area contributed by atoms with Gasteiger partial charge in [0, 0.05) is 37.3 Å². The van der Waals surface area contributed by atoms with E-state index in [2.05, 4.69) is 9.62 Å². The SMILES string of the molecule is C[C@@H]1[C@@H](C)CCC[C@](O)([C@H]2OCCN(C)C2=O)[C@@H]2CC[C@H]2CN2CCCCc3cc(Cl)ccc3COc3ccc(cc32)C(=O)NS1(=O)=O. The number of aryl methyl sites for hydroxylation is 1. The molecule has 6 rings (SSSR count). The number of halogens is 1. The molecule has 3 heterocycles. The molecule has 2 aromatic carbocycles. The highest BCUT2D eigenvalue weighted by atomic mass is 35.5. The van der Waals surface area contributed by atoms with Crippen LogP contribution in [0.3, 0.4) is 0 Å². The summed E-state index contributed by atoms with van der Waals surface area (Å²) < 4.78 is 41.7. The first-order chi connectivity index (χ1) is 22.9. The van der Waals surface area contributed by atoms with E-state index < -0.39 is 32.9 Å². The summed E-state index contributed by atoms with van der Waals surface area (Å²) >= 11 is 6.35. The normalized spacial score (nSPS) is 31.6. The summed E-state index contributed by atoms with van der Waals surface area (Å²) in [5.74, 6) is -0.735. The number of aliphatic hydroxyl groups is 1. The van der Waals surface area contributed by atoms with E-state index in [0.717, 1.165) is 43.2 Å². The molecule has 2 N–H and O–H groups in total. The van der Waals surface area contributed by atoms with E-state index in [1.807, 2.05) is 25.1 Å². The number of benzene rings is 2. The maximum Gasteiger partial charge on any atom is 0.264 e. The molecule has 2 bridgehead atoms. The lowest BCUT2D eigenvalue weighted by Gasteiger charge is -2.52. The summed E-state index contributed by atoms with van der Waals surface area (Å²) in [6.45, 7) is 5.83. The second-order valence-corrected chi connectivity index (χ2v) is 16.8. The van der Waals surface area contributed by atoms with Gasteiger partial charge in [-0.15, -0.1) is 0 Å². The van der Waals surface area contributed by atoms with Gasteiger partial charge in [-0.2, -0.15) is 0 Å². The van der Waals surface area contributed by atoms with Crippen LogP contribution in [0, 0.1) is 17.8 Å². The van der Waals surface area contributed by atoms with Crippen LogP contribution in [0.5, 0.6) is 5.75 Å². The number of amides is 2. The van der Waals surface area contributed by atoms with Crippen molar-refractivity contribution in [1.82, 2.24) is 9.62 Å². The molecule has 262 valence electrons. The van der Waals surface area contributed by atoms with Crippen molar-refractivity contribution in [2.45, 2.75) is 88.8 Å². The zero-order valence-electron chi connectivity index (χ0n) is 28.1. The lowest BCUT2D eigenvalue weighted by atomic mass is 9.61. The van der Waals surface area contributed by atoms with Gasteiger partial charge in [-0.3, -0.25) is 9.59 Å². The van der Waals surface area contributed by atoms with Crippen molar-refractivity contribution in [2.24, 2.45) is 17.8 Å². The van der Waals surface area contributed by atoms with Gasteiger partial charge in [0.1, 0.15) is 18.0 Å². The lowest BCUT2D eigenvalue weighted by molar-refractivity contribution is -0.202. The number of rotatable bonds is 1. The topological polar surface area (TPSA) is 125 Å². The standard InChI is InChI=1S/C36H48ClN3O7S/c1-23-7-6-15-36(43,33-35(42)39(3)17-18-46-33)30-13-10-27(30)21-40-16-5-4-8-25-19-29(37)12-9-28(25)22-47-32-14-11-26(20-31(32)40)34(41)38-48(44,45)24(23)2/h9,11-12,14,19-20,23-24,27,30,33,43H,4-8,10,13,15-18,21-22H2,1-3H3,(H,38,41)/t23-,24+,27-,30+,33-,36+/m0/s1. The maximum atomic E-state index is 13.5. The highest BCUT2D eigenvalue weighted by molar-refractivity contribution is 7.90. The number of hydrogen-bond donors (Lipinski definition) is 2. The number of anilines is 1. The fraction of sp³-hybridized carbons (Fsp3) is 0.611. The van der Waals surface area contributed by atoms with Crippen LogP contribution in [-0.2, 0) is 32.6 Å². The van der Waals surface area contributed by atoms with Gasteiger partial charge in [0.05, 0.1) is 17.5 Å². The zero-order chi connectivity index (χ0) is 34.2. The Hall–Kier alpha value is -2.86. The highest BCUT2D eigenvalue weighted by Gasteiger charge is 2.55. The first-order valence-electron chi connectivity index (χ1n) is 17.3. The number of hydrogen-bond acceptors (Lipinski definition) is 8. The largest absolute Gasteiger partial charge is 0.487 e. The lowest BCUT2D eigenvalue weighted by Crippen LogP contribution is -2.64. The fourth-order valence-electron chi connectivity index (χ4n) is 7.90. The minimum atomic E-state index is -4.01. The van der Waals surface area contributed by atoms with Gasteiger partial charge in [0.15, 0.2) is 6.10 Å². The molecule has 0 radical (unpaired) electrons. The number of morpholine rings is 1. The van der Waals surface area contributed by atoms with Crippen molar-refractivity contribution in [3.05, 3.63) is 58.1 Å².